The largest absolute Gasteiger partial charge is 0.455 e. The number of nitrogens with zero attached hydrogens (tertiary/aromatic N) is 1. The highest BCUT2D eigenvalue weighted by atomic mass is 16.6. The van der Waals surface area contributed by atoms with Gasteiger partial charge >= 0.3 is 11.9 Å². The highest BCUT2D eigenvalue weighted by molar-refractivity contribution is 6.32. The lowest BCUT2D eigenvalue weighted by Crippen LogP contribution is -2.43. The summed E-state index contributed by atoms with van der Waals surface area (Å²) in [6.07, 6.45) is 4.75. The summed E-state index contributed by atoms with van der Waals surface area (Å²) in [6.45, 7) is 11.8. The molecule has 1 rings (SSSR count). The van der Waals surface area contributed by atoms with E-state index in [2.05, 4.69) is 20.8 Å². The van der Waals surface area contributed by atoms with E-state index in [1.807, 2.05) is 13.8 Å². The molecule has 4 heteroatoms. The van der Waals surface area contributed by atoms with Crippen LogP contribution in [0.4, 0.5) is 0 Å². The third kappa shape index (κ3) is 5.29. The number of rotatable bonds is 6. The quantitative estimate of drug-likeness (QED) is 0.556. The molecule has 0 aliphatic heterocycles. The molecule has 1 aliphatic carbocycles. The standard InChI is InChI=1S/C18H33NO3/c1-6-10-19(11-7-2)17(20)18(21)22-16-12-14(5)8-9-15(16)13(3)4/h13-16H,6-12H2,1-5H3. The summed E-state index contributed by atoms with van der Waals surface area (Å²) in [4.78, 5) is 26.2. The number of carbonyl (C=O) groups excluding carboxylic acids is 2. The van der Waals surface area contributed by atoms with Crippen molar-refractivity contribution in [2.24, 2.45) is 17.8 Å². The topological polar surface area (TPSA) is 46.6 Å². The summed E-state index contributed by atoms with van der Waals surface area (Å²) in [7, 11) is 0. The normalized spacial score (nSPS) is 25.1. The average molecular weight is 311 g/mol. The summed E-state index contributed by atoms with van der Waals surface area (Å²) in [5.41, 5.74) is 0. The zero-order valence-corrected chi connectivity index (χ0v) is 14.9. The Balaban J connectivity index is 2.68. The molecule has 1 amide bonds. The molecule has 0 aromatic carbocycles. The molecule has 3 atom stereocenters. The first-order valence-corrected chi connectivity index (χ1v) is 8.90. The van der Waals surface area contributed by atoms with E-state index in [4.69, 9.17) is 4.74 Å². The molecule has 22 heavy (non-hydrogen) atoms. The van der Waals surface area contributed by atoms with E-state index in [0.29, 0.717) is 30.8 Å². The lowest BCUT2D eigenvalue weighted by Gasteiger charge is -2.36. The molecule has 0 N–H and O–H groups in total. The van der Waals surface area contributed by atoms with E-state index >= 15 is 0 Å². The van der Waals surface area contributed by atoms with Gasteiger partial charge in [-0.05, 0) is 43.4 Å². The van der Waals surface area contributed by atoms with Crippen LogP contribution >= 0.6 is 0 Å². The van der Waals surface area contributed by atoms with Crippen molar-refractivity contribution in [2.45, 2.75) is 72.8 Å². The van der Waals surface area contributed by atoms with Crippen molar-refractivity contribution < 1.29 is 14.3 Å². The van der Waals surface area contributed by atoms with Crippen molar-refractivity contribution in [3.05, 3.63) is 0 Å². The van der Waals surface area contributed by atoms with Crippen LogP contribution < -0.4 is 0 Å². The SMILES string of the molecule is CCCN(CCC)C(=O)C(=O)OC1CC(C)CCC1C(C)C. The van der Waals surface area contributed by atoms with Gasteiger partial charge < -0.3 is 9.64 Å². The fraction of sp³-hybridized carbons (Fsp3) is 0.889. The van der Waals surface area contributed by atoms with Crippen LogP contribution in [0.25, 0.3) is 0 Å². The Hall–Kier alpha value is -1.06. The number of hydrogen-bond donors (Lipinski definition) is 0. The van der Waals surface area contributed by atoms with E-state index in [0.717, 1.165) is 25.7 Å². The first-order valence-electron chi connectivity index (χ1n) is 8.90. The third-order valence-electron chi connectivity index (χ3n) is 4.67. The predicted molar refractivity (Wildman–Crippen MR) is 88.4 cm³/mol. The highest BCUT2D eigenvalue weighted by Crippen LogP contribution is 2.35. The van der Waals surface area contributed by atoms with Crippen molar-refractivity contribution in [1.29, 1.82) is 0 Å². The fourth-order valence-electron chi connectivity index (χ4n) is 3.42. The van der Waals surface area contributed by atoms with E-state index in [9.17, 15) is 9.59 Å². The number of hydrogen-bond acceptors (Lipinski definition) is 3. The Bertz CT molecular complexity index is 361. The lowest BCUT2D eigenvalue weighted by atomic mass is 9.75. The Labute approximate surface area is 135 Å². The molecule has 128 valence electrons. The van der Waals surface area contributed by atoms with Crippen LogP contribution in [0.3, 0.4) is 0 Å². The molecule has 0 spiro atoms. The molecule has 4 nitrogen and oxygen atoms in total. The molecule has 0 radical (unpaired) electrons. The second-order valence-electron chi connectivity index (χ2n) is 7.06. The molecule has 1 fully saturated rings. The minimum Gasteiger partial charge on any atom is -0.455 e. The molecule has 0 aromatic heterocycles. The fourth-order valence-corrected chi connectivity index (χ4v) is 3.42. The van der Waals surface area contributed by atoms with Gasteiger partial charge in [0.25, 0.3) is 0 Å². The minimum atomic E-state index is -0.661. The molecule has 0 saturated heterocycles. The Morgan fingerprint density at radius 2 is 1.73 bits per heavy atom. The molecule has 0 aromatic rings. The number of esters is 1. The molecule has 0 bridgehead atoms. The molecular weight excluding hydrogens is 278 g/mol. The molecule has 1 saturated carbocycles. The van der Waals surface area contributed by atoms with Crippen LogP contribution in [-0.4, -0.2) is 36.0 Å². The Morgan fingerprint density at radius 3 is 2.23 bits per heavy atom. The average Bonchev–Trinajstić information content (AvgIpc) is 2.46. The Morgan fingerprint density at radius 1 is 1.14 bits per heavy atom. The first-order chi connectivity index (χ1) is 10.4. The van der Waals surface area contributed by atoms with E-state index in [-0.39, 0.29) is 6.10 Å². The van der Waals surface area contributed by atoms with Crippen LogP contribution in [0, 0.1) is 17.8 Å². The third-order valence-corrected chi connectivity index (χ3v) is 4.67. The van der Waals surface area contributed by atoms with Crippen molar-refractivity contribution in [3.63, 3.8) is 0 Å². The van der Waals surface area contributed by atoms with E-state index in [1.54, 1.807) is 4.90 Å². The Kier molecular flexibility index (Phi) is 7.91. The maximum absolute atomic E-state index is 12.3. The van der Waals surface area contributed by atoms with Crippen molar-refractivity contribution >= 4 is 11.9 Å². The first kappa shape index (κ1) is 19.0. The van der Waals surface area contributed by atoms with Gasteiger partial charge in [-0.25, -0.2) is 4.79 Å². The van der Waals surface area contributed by atoms with Crippen molar-refractivity contribution in [3.8, 4) is 0 Å². The van der Waals surface area contributed by atoms with Gasteiger partial charge in [0, 0.05) is 13.1 Å². The highest BCUT2D eigenvalue weighted by Gasteiger charge is 2.35. The zero-order valence-electron chi connectivity index (χ0n) is 14.9. The predicted octanol–water partition coefficient (Wildman–Crippen LogP) is 3.64. The molecule has 3 unspecified atom stereocenters. The van der Waals surface area contributed by atoms with Crippen LogP contribution in [0.1, 0.15) is 66.7 Å². The van der Waals surface area contributed by atoms with Crippen LogP contribution in [-0.2, 0) is 14.3 Å². The molecule has 0 heterocycles. The van der Waals surface area contributed by atoms with Crippen LogP contribution in [0.5, 0.6) is 0 Å². The molecular formula is C18H33NO3. The van der Waals surface area contributed by atoms with Gasteiger partial charge in [0.1, 0.15) is 6.10 Å². The monoisotopic (exact) mass is 311 g/mol. The van der Waals surface area contributed by atoms with Gasteiger partial charge in [0.05, 0.1) is 0 Å². The van der Waals surface area contributed by atoms with Crippen molar-refractivity contribution in [1.82, 2.24) is 4.90 Å². The zero-order chi connectivity index (χ0) is 16.7. The van der Waals surface area contributed by atoms with Gasteiger partial charge in [-0.1, -0.05) is 41.0 Å². The summed E-state index contributed by atoms with van der Waals surface area (Å²) in [6, 6.07) is 0. The van der Waals surface area contributed by atoms with Crippen LogP contribution in [0.2, 0.25) is 0 Å². The maximum atomic E-state index is 12.3. The summed E-state index contributed by atoms with van der Waals surface area (Å²) < 4.78 is 5.64. The maximum Gasteiger partial charge on any atom is 0.397 e. The van der Waals surface area contributed by atoms with E-state index < -0.39 is 11.9 Å². The summed E-state index contributed by atoms with van der Waals surface area (Å²) in [5, 5.41) is 0. The lowest BCUT2D eigenvalue weighted by molar-refractivity contribution is -0.168. The van der Waals surface area contributed by atoms with Crippen LogP contribution in [0.15, 0.2) is 0 Å². The smallest absolute Gasteiger partial charge is 0.397 e. The second kappa shape index (κ2) is 9.16. The number of amides is 1. The van der Waals surface area contributed by atoms with Gasteiger partial charge in [-0.2, -0.15) is 0 Å². The molecule has 1 aliphatic rings. The van der Waals surface area contributed by atoms with Gasteiger partial charge in [0.2, 0.25) is 0 Å². The van der Waals surface area contributed by atoms with Crippen molar-refractivity contribution in [2.75, 3.05) is 13.1 Å². The van der Waals surface area contributed by atoms with Gasteiger partial charge in [-0.3, -0.25) is 4.79 Å². The number of carbonyl (C=O) groups is 2. The van der Waals surface area contributed by atoms with Gasteiger partial charge in [-0.15, -0.1) is 0 Å². The number of ether oxygens (including phenoxy) is 1. The summed E-state index contributed by atoms with van der Waals surface area (Å²) in [5.74, 6) is 0.280. The van der Waals surface area contributed by atoms with E-state index in [1.165, 1.54) is 6.42 Å². The summed E-state index contributed by atoms with van der Waals surface area (Å²) >= 11 is 0. The minimum absolute atomic E-state index is 0.106. The second-order valence-corrected chi connectivity index (χ2v) is 7.06. The van der Waals surface area contributed by atoms with Gasteiger partial charge in [0.15, 0.2) is 0 Å².